The van der Waals surface area contributed by atoms with Gasteiger partial charge in [-0.2, -0.15) is 10.2 Å². The van der Waals surface area contributed by atoms with Crippen molar-refractivity contribution < 1.29 is 9.53 Å². The van der Waals surface area contributed by atoms with Crippen molar-refractivity contribution in [3.63, 3.8) is 0 Å². The molecular weight excluding hydrogens is 400 g/mol. The van der Waals surface area contributed by atoms with Crippen molar-refractivity contribution in [3.8, 4) is 17.0 Å². The molecule has 1 amide bonds. The van der Waals surface area contributed by atoms with Gasteiger partial charge in [-0.25, -0.2) is 5.43 Å². The fraction of sp³-hybridized carbons (Fsp3) is 0.0385. The van der Waals surface area contributed by atoms with E-state index in [4.69, 9.17) is 4.74 Å². The highest BCUT2D eigenvalue weighted by atomic mass is 16.5. The molecule has 0 saturated carbocycles. The predicted molar refractivity (Wildman–Crippen MR) is 127 cm³/mol. The van der Waals surface area contributed by atoms with E-state index in [1.54, 1.807) is 19.4 Å². The van der Waals surface area contributed by atoms with Gasteiger partial charge in [0.2, 0.25) is 0 Å². The number of carbonyl (C=O) groups is 1. The van der Waals surface area contributed by atoms with E-state index in [-0.39, 0.29) is 5.91 Å². The van der Waals surface area contributed by atoms with Gasteiger partial charge in [0.1, 0.15) is 11.4 Å². The van der Waals surface area contributed by atoms with Gasteiger partial charge >= 0.3 is 0 Å². The molecule has 0 bridgehead atoms. The topological polar surface area (TPSA) is 79.4 Å². The smallest absolute Gasteiger partial charge is 0.289 e. The first-order valence-electron chi connectivity index (χ1n) is 10.2. The summed E-state index contributed by atoms with van der Waals surface area (Å²) in [5.74, 6) is 0.399. The molecule has 0 saturated heterocycles. The number of hydrogen-bond acceptors (Lipinski definition) is 4. The van der Waals surface area contributed by atoms with E-state index >= 15 is 0 Å². The van der Waals surface area contributed by atoms with E-state index in [0.29, 0.717) is 11.4 Å². The quantitative estimate of drug-likeness (QED) is 0.234. The van der Waals surface area contributed by atoms with Gasteiger partial charge in [0.15, 0.2) is 0 Å². The zero-order valence-electron chi connectivity index (χ0n) is 17.4. The molecule has 0 unspecified atom stereocenters. The SMILES string of the molecule is COc1ccc(-c2cc(C(=O)NN=Cc3c4ccccc4cc4ccccc34)[nH]n2)cc1. The molecule has 6 heteroatoms. The van der Waals surface area contributed by atoms with Crippen LogP contribution in [0.1, 0.15) is 16.1 Å². The van der Waals surface area contributed by atoms with Gasteiger partial charge in [-0.15, -0.1) is 0 Å². The van der Waals surface area contributed by atoms with Crippen LogP contribution in [0.4, 0.5) is 0 Å². The monoisotopic (exact) mass is 420 g/mol. The first kappa shape index (κ1) is 19.5. The lowest BCUT2D eigenvalue weighted by atomic mass is 9.97. The summed E-state index contributed by atoms with van der Waals surface area (Å²) in [5.41, 5.74) is 5.44. The number of aromatic nitrogens is 2. The summed E-state index contributed by atoms with van der Waals surface area (Å²) in [4.78, 5) is 12.6. The second-order valence-electron chi connectivity index (χ2n) is 7.33. The highest BCUT2D eigenvalue weighted by Gasteiger charge is 2.11. The van der Waals surface area contributed by atoms with Crippen LogP contribution in [0.3, 0.4) is 0 Å². The number of hydrogen-bond donors (Lipinski definition) is 2. The minimum absolute atomic E-state index is 0.329. The number of carbonyl (C=O) groups excluding carboxylic acids is 1. The van der Waals surface area contributed by atoms with E-state index in [1.165, 1.54) is 0 Å². The molecule has 6 nitrogen and oxygen atoms in total. The molecule has 0 fully saturated rings. The summed E-state index contributed by atoms with van der Waals surface area (Å²) in [7, 11) is 1.62. The highest BCUT2D eigenvalue weighted by molar-refractivity contribution is 6.13. The zero-order chi connectivity index (χ0) is 21.9. The second-order valence-corrected chi connectivity index (χ2v) is 7.33. The molecule has 0 aliphatic rings. The maximum absolute atomic E-state index is 12.6. The Kier molecular flexibility index (Phi) is 5.09. The number of methoxy groups -OCH3 is 1. The molecule has 0 aliphatic heterocycles. The Morgan fingerprint density at radius 3 is 2.25 bits per heavy atom. The summed E-state index contributed by atoms with van der Waals surface area (Å²) in [6.45, 7) is 0. The lowest BCUT2D eigenvalue weighted by Gasteiger charge is -2.07. The Labute approximate surface area is 184 Å². The van der Waals surface area contributed by atoms with Crippen molar-refractivity contribution in [1.29, 1.82) is 0 Å². The average molecular weight is 420 g/mol. The predicted octanol–water partition coefficient (Wildman–Crippen LogP) is 5.16. The molecule has 1 aromatic heterocycles. The van der Waals surface area contributed by atoms with Gasteiger partial charge in [-0.1, -0.05) is 48.5 Å². The fourth-order valence-electron chi connectivity index (χ4n) is 3.75. The van der Waals surface area contributed by atoms with E-state index in [0.717, 1.165) is 38.4 Å². The maximum atomic E-state index is 12.6. The third-order valence-electron chi connectivity index (χ3n) is 5.38. The normalized spacial score (nSPS) is 11.3. The van der Waals surface area contributed by atoms with Gasteiger partial charge in [0.25, 0.3) is 5.91 Å². The number of amides is 1. The number of benzene rings is 4. The van der Waals surface area contributed by atoms with Crippen LogP contribution < -0.4 is 10.2 Å². The molecule has 32 heavy (non-hydrogen) atoms. The van der Waals surface area contributed by atoms with Crippen LogP contribution in [-0.4, -0.2) is 29.4 Å². The minimum Gasteiger partial charge on any atom is -0.497 e. The minimum atomic E-state index is -0.363. The third kappa shape index (κ3) is 3.70. The standard InChI is InChI=1S/C26H20N4O2/c1-32-20-12-10-17(11-13-20)24-15-25(29-28-24)26(31)30-27-16-23-21-8-4-2-6-18(21)14-19-7-3-5-9-22(19)23/h2-16H,1H3,(H,28,29)(H,30,31). The number of H-pyrrole nitrogens is 1. The van der Waals surface area contributed by atoms with E-state index < -0.39 is 0 Å². The van der Waals surface area contributed by atoms with Crippen LogP contribution >= 0.6 is 0 Å². The lowest BCUT2D eigenvalue weighted by Crippen LogP contribution is -2.18. The molecule has 0 radical (unpaired) electrons. The Balaban J connectivity index is 1.39. The Hall–Kier alpha value is -4.45. The van der Waals surface area contributed by atoms with Gasteiger partial charge in [-0.05, 0) is 57.9 Å². The van der Waals surface area contributed by atoms with Gasteiger partial charge < -0.3 is 4.74 Å². The van der Waals surface area contributed by atoms with Crippen molar-refractivity contribution in [3.05, 3.63) is 96.2 Å². The van der Waals surface area contributed by atoms with Crippen LogP contribution in [0.25, 0.3) is 32.8 Å². The first-order valence-corrected chi connectivity index (χ1v) is 10.2. The van der Waals surface area contributed by atoms with Crippen LogP contribution in [0, 0.1) is 0 Å². The molecule has 5 aromatic rings. The molecule has 0 atom stereocenters. The molecule has 156 valence electrons. The molecule has 2 N–H and O–H groups in total. The van der Waals surface area contributed by atoms with Crippen molar-refractivity contribution in [2.24, 2.45) is 5.10 Å². The maximum Gasteiger partial charge on any atom is 0.289 e. The number of nitrogens with one attached hydrogen (secondary N) is 2. The third-order valence-corrected chi connectivity index (χ3v) is 5.38. The highest BCUT2D eigenvalue weighted by Crippen LogP contribution is 2.27. The number of nitrogens with zero attached hydrogens (tertiary/aromatic N) is 2. The molecule has 0 spiro atoms. The van der Waals surface area contributed by atoms with Crippen molar-refractivity contribution in [2.45, 2.75) is 0 Å². The van der Waals surface area contributed by atoms with E-state index in [2.05, 4.69) is 51.1 Å². The molecular formula is C26H20N4O2. The second kappa shape index (κ2) is 8.35. The van der Waals surface area contributed by atoms with Crippen LogP contribution in [0.15, 0.2) is 90.0 Å². The number of rotatable bonds is 5. The molecule has 1 heterocycles. The Morgan fingerprint density at radius 2 is 1.59 bits per heavy atom. The Bertz CT molecular complexity index is 1400. The van der Waals surface area contributed by atoms with E-state index in [1.807, 2.05) is 48.5 Å². The van der Waals surface area contributed by atoms with Crippen molar-refractivity contribution in [1.82, 2.24) is 15.6 Å². The van der Waals surface area contributed by atoms with Crippen molar-refractivity contribution >= 4 is 33.7 Å². The summed E-state index contributed by atoms with van der Waals surface area (Å²) in [5, 5.41) is 15.6. The van der Waals surface area contributed by atoms with E-state index in [9.17, 15) is 4.79 Å². The lowest BCUT2D eigenvalue weighted by molar-refractivity contribution is 0.0950. The fourth-order valence-corrected chi connectivity index (χ4v) is 3.75. The first-order chi connectivity index (χ1) is 15.7. The summed E-state index contributed by atoms with van der Waals surface area (Å²) < 4.78 is 5.17. The van der Waals surface area contributed by atoms with Gasteiger partial charge in [0.05, 0.1) is 19.0 Å². The van der Waals surface area contributed by atoms with Crippen LogP contribution in [0.2, 0.25) is 0 Å². The molecule has 4 aromatic carbocycles. The number of aromatic amines is 1. The molecule has 0 aliphatic carbocycles. The number of hydrazone groups is 1. The van der Waals surface area contributed by atoms with Gasteiger partial charge in [-0.3, -0.25) is 9.89 Å². The zero-order valence-corrected chi connectivity index (χ0v) is 17.4. The summed E-state index contributed by atoms with van der Waals surface area (Å²) in [6.07, 6.45) is 1.70. The number of ether oxygens (including phenoxy) is 1. The van der Waals surface area contributed by atoms with Gasteiger partial charge in [0, 0.05) is 11.1 Å². The number of fused-ring (bicyclic) bond motifs is 2. The van der Waals surface area contributed by atoms with Crippen molar-refractivity contribution in [2.75, 3.05) is 7.11 Å². The van der Waals surface area contributed by atoms with Crippen LogP contribution in [0.5, 0.6) is 5.75 Å². The summed E-state index contributed by atoms with van der Waals surface area (Å²) in [6, 6.07) is 27.6. The largest absolute Gasteiger partial charge is 0.497 e. The Morgan fingerprint density at radius 1 is 0.938 bits per heavy atom. The molecule has 5 rings (SSSR count). The summed E-state index contributed by atoms with van der Waals surface area (Å²) >= 11 is 0. The average Bonchev–Trinajstić information content (AvgIpc) is 3.34. The van der Waals surface area contributed by atoms with Crippen LogP contribution in [-0.2, 0) is 0 Å².